The Kier molecular flexibility index (Phi) is 6.34. The van der Waals surface area contributed by atoms with E-state index in [0.717, 1.165) is 9.20 Å². The summed E-state index contributed by atoms with van der Waals surface area (Å²) < 4.78 is 35.1. The molecular weight excluding hydrogens is 374 g/mol. The van der Waals surface area contributed by atoms with E-state index in [-0.39, 0.29) is 23.2 Å². The number of nitrogens with zero attached hydrogens (tertiary/aromatic N) is 1. The minimum atomic E-state index is -3.63. The van der Waals surface area contributed by atoms with Crippen molar-refractivity contribution in [3.63, 3.8) is 0 Å². The van der Waals surface area contributed by atoms with E-state index in [9.17, 15) is 13.2 Å². The Bertz CT molecular complexity index is 800. The zero-order valence-electron chi connectivity index (χ0n) is 13.1. The Labute approximate surface area is 149 Å². The molecule has 0 bridgehead atoms. The molecule has 0 unspecified atom stereocenters. The first-order chi connectivity index (χ1) is 11.3. The summed E-state index contributed by atoms with van der Waals surface area (Å²) >= 11 is 7.11. The van der Waals surface area contributed by atoms with E-state index < -0.39 is 16.0 Å². The van der Waals surface area contributed by atoms with Gasteiger partial charge in [0.1, 0.15) is 12.4 Å². The van der Waals surface area contributed by atoms with Crippen LogP contribution in [0.4, 0.5) is 0 Å². The Morgan fingerprint density at radius 1 is 1.21 bits per heavy atom. The molecule has 24 heavy (non-hydrogen) atoms. The van der Waals surface area contributed by atoms with Gasteiger partial charge in [0.05, 0.1) is 5.75 Å². The average molecular weight is 390 g/mol. The van der Waals surface area contributed by atoms with Crippen molar-refractivity contribution in [3.8, 4) is 0 Å². The van der Waals surface area contributed by atoms with E-state index in [1.165, 1.54) is 38.0 Å². The van der Waals surface area contributed by atoms with Crippen molar-refractivity contribution in [2.45, 2.75) is 16.6 Å². The molecule has 0 N–H and O–H groups in total. The quantitative estimate of drug-likeness (QED) is 0.535. The fraction of sp³-hybridized carbons (Fsp3) is 0.267. The van der Waals surface area contributed by atoms with Crippen LogP contribution in [0.3, 0.4) is 0 Å². The third-order valence-corrected chi connectivity index (χ3v) is 5.84. The predicted octanol–water partition coefficient (Wildman–Crippen LogP) is 3.02. The van der Waals surface area contributed by atoms with Crippen molar-refractivity contribution in [1.82, 2.24) is 4.31 Å². The molecule has 0 atom stereocenters. The van der Waals surface area contributed by atoms with Crippen LogP contribution in [0.25, 0.3) is 0 Å². The van der Waals surface area contributed by atoms with E-state index >= 15 is 0 Å². The highest BCUT2D eigenvalue weighted by Gasteiger charge is 2.21. The van der Waals surface area contributed by atoms with Crippen LogP contribution in [-0.4, -0.2) is 38.5 Å². The van der Waals surface area contributed by atoms with Crippen molar-refractivity contribution in [2.75, 3.05) is 19.8 Å². The first kappa shape index (κ1) is 18.9. The molecular formula is C15H16ClNO5S2. The number of ether oxygens (including phenoxy) is 1. The van der Waals surface area contributed by atoms with Crippen LogP contribution < -0.4 is 0 Å². The number of esters is 1. The van der Waals surface area contributed by atoms with Crippen LogP contribution in [0.2, 0.25) is 5.02 Å². The van der Waals surface area contributed by atoms with Gasteiger partial charge in [0, 0.05) is 24.0 Å². The van der Waals surface area contributed by atoms with E-state index in [2.05, 4.69) is 0 Å². The second kappa shape index (κ2) is 8.06. The van der Waals surface area contributed by atoms with E-state index in [1.54, 1.807) is 12.1 Å². The van der Waals surface area contributed by atoms with Crippen molar-refractivity contribution >= 4 is 39.4 Å². The van der Waals surface area contributed by atoms with Crippen LogP contribution >= 0.6 is 23.4 Å². The lowest BCUT2D eigenvalue weighted by Crippen LogP contribution is -2.21. The number of hydrogen-bond acceptors (Lipinski definition) is 6. The maximum absolute atomic E-state index is 11.9. The Morgan fingerprint density at radius 2 is 1.88 bits per heavy atom. The van der Waals surface area contributed by atoms with Gasteiger partial charge < -0.3 is 9.15 Å². The number of furan rings is 1. The smallest absolute Gasteiger partial charge is 0.316 e. The zero-order valence-corrected chi connectivity index (χ0v) is 15.5. The lowest BCUT2D eigenvalue weighted by atomic mass is 10.4. The van der Waals surface area contributed by atoms with Crippen LogP contribution in [0.5, 0.6) is 0 Å². The number of sulfonamides is 1. The summed E-state index contributed by atoms with van der Waals surface area (Å²) in [6.45, 7) is -0.122. The van der Waals surface area contributed by atoms with Gasteiger partial charge in [0.25, 0.3) is 10.0 Å². The first-order valence-corrected chi connectivity index (χ1v) is 9.64. The lowest BCUT2D eigenvalue weighted by Gasteiger charge is -2.07. The number of rotatable bonds is 7. The molecule has 2 rings (SSSR count). The molecule has 0 aliphatic rings. The van der Waals surface area contributed by atoms with Crippen molar-refractivity contribution < 1.29 is 22.4 Å². The third kappa shape index (κ3) is 5.01. The Balaban J connectivity index is 1.84. The molecule has 0 radical (unpaired) electrons. The van der Waals surface area contributed by atoms with Gasteiger partial charge in [-0.25, -0.2) is 12.7 Å². The largest absolute Gasteiger partial charge is 0.457 e. The SMILES string of the molecule is CN(C)S(=O)(=O)c1ccc(COC(=O)CSc2ccc(Cl)cc2)o1. The standard InChI is InChI=1S/C15H16ClNO5S2/c1-17(2)24(19,20)15-8-5-12(22-15)9-21-14(18)10-23-13-6-3-11(16)4-7-13/h3-8H,9-10H2,1-2H3. The van der Waals surface area contributed by atoms with Crippen LogP contribution in [0.1, 0.15) is 5.76 Å². The number of thioether (sulfide) groups is 1. The van der Waals surface area contributed by atoms with Crippen molar-refractivity contribution in [2.24, 2.45) is 0 Å². The van der Waals surface area contributed by atoms with Crippen molar-refractivity contribution in [3.05, 3.63) is 47.2 Å². The van der Waals surface area contributed by atoms with Crippen LogP contribution in [0.15, 0.2) is 50.8 Å². The second-order valence-corrected chi connectivity index (χ2v) is 8.48. The summed E-state index contributed by atoms with van der Waals surface area (Å²) in [5.41, 5.74) is 0. The monoisotopic (exact) mass is 389 g/mol. The van der Waals surface area contributed by atoms with Gasteiger partial charge in [0.2, 0.25) is 5.09 Å². The van der Waals surface area contributed by atoms with E-state index in [4.69, 9.17) is 20.8 Å². The summed E-state index contributed by atoms with van der Waals surface area (Å²) in [6, 6.07) is 9.91. The molecule has 0 amide bonds. The molecule has 0 aliphatic heterocycles. The Hall–Kier alpha value is -1.48. The molecule has 0 spiro atoms. The van der Waals surface area contributed by atoms with E-state index in [1.807, 2.05) is 12.1 Å². The number of benzene rings is 1. The van der Waals surface area contributed by atoms with Gasteiger partial charge in [-0.15, -0.1) is 11.8 Å². The highest BCUT2D eigenvalue weighted by atomic mass is 35.5. The molecule has 1 heterocycles. The summed E-state index contributed by atoms with van der Waals surface area (Å²) in [4.78, 5) is 12.6. The molecule has 0 fully saturated rings. The third-order valence-electron chi connectivity index (χ3n) is 2.92. The minimum Gasteiger partial charge on any atom is -0.457 e. The van der Waals surface area contributed by atoms with Crippen molar-refractivity contribution in [1.29, 1.82) is 0 Å². The lowest BCUT2D eigenvalue weighted by molar-refractivity contribution is -0.142. The average Bonchev–Trinajstić information content (AvgIpc) is 3.02. The number of hydrogen-bond donors (Lipinski definition) is 0. The summed E-state index contributed by atoms with van der Waals surface area (Å²) in [6.07, 6.45) is 0. The number of halogens is 1. The number of carbonyl (C=O) groups is 1. The van der Waals surface area contributed by atoms with Gasteiger partial charge in [-0.3, -0.25) is 4.79 Å². The highest BCUT2D eigenvalue weighted by Crippen LogP contribution is 2.21. The minimum absolute atomic E-state index is 0.122. The molecule has 130 valence electrons. The van der Waals surface area contributed by atoms with Gasteiger partial charge in [-0.2, -0.15) is 0 Å². The maximum Gasteiger partial charge on any atom is 0.316 e. The predicted molar refractivity (Wildman–Crippen MR) is 91.6 cm³/mol. The van der Waals surface area contributed by atoms with Gasteiger partial charge in [-0.05, 0) is 36.4 Å². The van der Waals surface area contributed by atoms with Gasteiger partial charge >= 0.3 is 5.97 Å². The second-order valence-electron chi connectivity index (χ2n) is 4.91. The molecule has 1 aromatic heterocycles. The molecule has 6 nitrogen and oxygen atoms in total. The normalized spacial score (nSPS) is 11.7. The van der Waals surface area contributed by atoms with Gasteiger partial charge in [0.15, 0.2) is 0 Å². The molecule has 1 aromatic carbocycles. The molecule has 0 aliphatic carbocycles. The maximum atomic E-state index is 11.9. The zero-order chi connectivity index (χ0) is 17.7. The Morgan fingerprint density at radius 3 is 2.50 bits per heavy atom. The highest BCUT2D eigenvalue weighted by molar-refractivity contribution is 8.00. The fourth-order valence-corrected chi connectivity index (χ4v) is 3.26. The van der Waals surface area contributed by atoms with Crippen LogP contribution in [-0.2, 0) is 26.2 Å². The molecule has 0 saturated heterocycles. The van der Waals surface area contributed by atoms with Crippen LogP contribution in [0, 0.1) is 0 Å². The summed E-state index contributed by atoms with van der Waals surface area (Å²) in [5, 5.41) is 0.442. The molecule has 0 saturated carbocycles. The summed E-state index contributed by atoms with van der Waals surface area (Å²) in [5.74, 6) is -0.0331. The number of carbonyl (C=O) groups excluding carboxylic acids is 1. The summed E-state index contributed by atoms with van der Waals surface area (Å²) in [7, 11) is -0.817. The first-order valence-electron chi connectivity index (χ1n) is 6.84. The van der Waals surface area contributed by atoms with Gasteiger partial charge in [-0.1, -0.05) is 11.6 Å². The molecule has 2 aromatic rings. The van der Waals surface area contributed by atoms with E-state index in [0.29, 0.717) is 5.02 Å². The fourth-order valence-electron chi connectivity index (χ4n) is 1.62. The topological polar surface area (TPSA) is 76.8 Å². The molecule has 9 heteroatoms.